The summed E-state index contributed by atoms with van der Waals surface area (Å²) in [7, 11) is 1.60. The van der Waals surface area contributed by atoms with Crippen molar-refractivity contribution < 1.29 is 14.3 Å². The van der Waals surface area contributed by atoms with Gasteiger partial charge in [-0.2, -0.15) is 0 Å². The zero-order chi connectivity index (χ0) is 15.1. The molecule has 0 unspecified atom stereocenters. The molecule has 0 N–H and O–H groups in total. The molecule has 1 aliphatic heterocycles. The first kappa shape index (κ1) is 12.4. The zero-order valence-corrected chi connectivity index (χ0v) is 12.4. The van der Waals surface area contributed by atoms with E-state index in [1.54, 1.807) is 31.4 Å². The number of carbonyl (C=O) groups excluding carboxylic acids is 2. The Morgan fingerprint density at radius 3 is 2.00 bits per heavy atom. The van der Waals surface area contributed by atoms with Gasteiger partial charge in [-0.3, -0.25) is 14.5 Å². The van der Waals surface area contributed by atoms with Gasteiger partial charge < -0.3 is 4.74 Å². The van der Waals surface area contributed by atoms with Gasteiger partial charge in [0.1, 0.15) is 5.75 Å². The van der Waals surface area contributed by atoms with Crippen LogP contribution in [0.25, 0.3) is 0 Å². The molecule has 4 aliphatic rings. The predicted molar refractivity (Wildman–Crippen MR) is 80.3 cm³/mol. The van der Waals surface area contributed by atoms with Crippen LogP contribution in [-0.4, -0.2) is 18.9 Å². The minimum atomic E-state index is -0.132. The van der Waals surface area contributed by atoms with Gasteiger partial charge in [-0.1, -0.05) is 12.2 Å². The summed E-state index contributed by atoms with van der Waals surface area (Å²) in [5.41, 5.74) is 0.918. The third-order valence-corrected chi connectivity index (χ3v) is 6.18. The highest BCUT2D eigenvalue weighted by atomic mass is 16.5. The van der Waals surface area contributed by atoms with Gasteiger partial charge in [0.2, 0.25) is 11.8 Å². The van der Waals surface area contributed by atoms with Crippen molar-refractivity contribution in [1.29, 1.82) is 0 Å². The second-order valence-electron chi connectivity index (χ2n) is 6.93. The minimum Gasteiger partial charge on any atom is -0.497 e. The Morgan fingerprint density at radius 1 is 1.00 bits per heavy atom. The molecule has 22 heavy (non-hydrogen) atoms. The number of rotatable bonds is 2. The molecule has 1 aromatic rings. The van der Waals surface area contributed by atoms with Crippen LogP contribution in [0.2, 0.25) is 0 Å². The van der Waals surface area contributed by atoms with Crippen molar-refractivity contribution in [3.63, 3.8) is 0 Å². The van der Waals surface area contributed by atoms with E-state index >= 15 is 0 Å². The monoisotopic (exact) mass is 295 g/mol. The van der Waals surface area contributed by atoms with E-state index in [4.69, 9.17) is 4.74 Å². The minimum absolute atomic E-state index is 0.0108. The molecule has 112 valence electrons. The molecule has 4 nitrogen and oxygen atoms in total. The topological polar surface area (TPSA) is 46.6 Å². The highest BCUT2D eigenvalue weighted by Crippen LogP contribution is 2.73. The van der Waals surface area contributed by atoms with Crippen molar-refractivity contribution in [1.82, 2.24) is 0 Å². The van der Waals surface area contributed by atoms with Gasteiger partial charge in [0, 0.05) is 0 Å². The Morgan fingerprint density at radius 2 is 1.55 bits per heavy atom. The highest BCUT2D eigenvalue weighted by molar-refractivity contribution is 6.23. The Kier molecular flexibility index (Phi) is 2.15. The molecule has 4 atom stereocenters. The largest absolute Gasteiger partial charge is 0.497 e. The number of carbonyl (C=O) groups is 2. The van der Waals surface area contributed by atoms with Gasteiger partial charge in [0.15, 0.2) is 0 Å². The highest BCUT2D eigenvalue weighted by Gasteiger charge is 2.73. The van der Waals surface area contributed by atoms with Crippen LogP contribution < -0.4 is 9.64 Å². The van der Waals surface area contributed by atoms with Crippen molar-refractivity contribution >= 4 is 17.5 Å². The van der Waals surface area contributed by atoms with Gasteiger partial charge in [0.05, 0.1) is 24.6 Å². The van der Waals surface area contributed by atoms with Crippen LogP contribution in [0.3, 0.4) is 0 Å². The number of methoxy groups -OCH3 is 1. The fourth-order valence-electron chi connectivity index (χ4n) is 5.06. The van der Waals surface area contributed by atoms with Gasteiger partial charge in [-0.05, 0) is 54.4 Å². The number of imide groups is 1. The maximum atomic E-state index is 12.9. The number of allylic oxidation sites excluding steroid dienone is 2. The number of ether oxygens (including phenoxy) is 1. The summed E-state index contributed by atoms with van der Waals surface area (Å²) in [6, 6.07) is 7.16. The predicted octanol–water partition coefficient (Wildman–Crippen LogP) is 2.40. The number of amides is 2. The SMILES string of the molecule is COc1ccc(N2C(=O)[C@@H]3[C@@H](C2=O)[C@H]2C=C[C@H]3C23CC3)cc1. The molecule has 5 rings (SSSR count). The van der Waals surface area contributed by atoms with Crippen LogP contribution in [0.5, 0.6) is 5.75 Å². The van der Waals surface area contributed by atoms with E-state index in [1.165, 1.54) is 17.7 Å². The van der Waals surface area contributed by atoms with E-state index in [0.29, 0.717) is 5.69 Å². The molecule has 2 saturated carbocycles. The second kappa shape index (κ2) is 3.80. The molecule has 0 radical (unpaired) electrons. The maximum Gasteiger partial charge on any atom is 0.238 e. The van der Waals surface area contributed by atoms with Gasteiger partial charge in [-0.25, -0.2) is 0 Å². The van der Waals surface area contributed by atoms with Crippen LogP contribution in [0.15, 0.2) is 36.4 Å². The molecule has 1 aromatic carbocycles. The Balaban J connectivity index is 1.53. The average molecular weight is 295 g/mol. The summed E-state index contributed by atoms with van der Waals surface area (Å²) >= 11 is 0. The second-order valence-corrected chi connectivity index (χ2v) is 6.93. The third kappa shape index (κ3) is 1.25. The molecule has 1 spiro atoms. The zero-order valence-electron chi connectivity index (χ0n) is 12.4. The molecule has 3 fully saturated rings. The number of nitrogens with zero attached hydrogens (tertiary/aromatic N) is 1. The summed E-state index contributed by atoms with van der Waals surface area (Å²) < 4.78 is 5.14. The summed E-state index contributed by atoms with van der Waals surface area (Å²) in [5.74, 6) is 0.997. The Labute approximate surface area is 128 Å². The lowest BCUT2D eigenvalue weighted by molar-refractivity contribution is -0.123. The molecule has 1 saturated heterocycles. The molecule has 0 aromatic heterocycles. The lowest BCUT2D eigenvalue weighted by Crippen LogP contribution is -2.34. The normalized spacial score (nSPS) is 36.3. The lowest BCUT2D eigenvalue weighted by Gasteiger charge is -2.21. The standard InChI is InChI=1S/C18H17NO3/c1-22-11-4-2-10(3-5-11)19-16(20)14-12-6-7-13(15(14)17(19)21)18(12)8-9-18/h2-7,12-15H,8-9H2,1H3/t12-,13-,14+,15+/m1/s1. The van der Waals surface area contributed by atoms with Crippen molar-refractivity contribution in [3.05, 3.63) is 36.4 Å². The van der Waals surface area contributed by atoms with Crippen molar-refractivity contribution in [3.8, 4) is 5.75 Å². The number of hydrogen-bond donors (Lipinski definition) is 0. The fraction of sp³-hybridized carbons (Fsp3) is 0.444. The molecular formula is C18H17NO3. The summed E-state index contributed by atoms with van der Waals surface area (Å²) in [6.45, 7) is 0. The van der Waals surface area contributed by atoms with E-state index in [1.807, 2.05) is 0 Å². The first-order chi connectivity index (χ1) is 10.7. The Hall–Kier alpha value is -2.10. The molecular weight excluding hydrogens is 278 g/mol. The molecule has 3 aliphatic carbocycles. The maximum absolute atomic E-state index is 12.9. The van der Waals surface area contributed by atoms with Crippen molar-refractivity contribution in [2.24, 2.45) is 29.1 Å². The number of fused-ring (bicyclic) bond motifs is 3. The third-order valence-electron chi connectivity index (χ3n) is 6.18. The first-order valence-electron chi connectivity index (χ1n) is 7.87. The smallest absolute Gasteiger partial charge is 0.238 e. The van der Waals surface area contributed by atoms with Crippen LogP contribution in [0.4, 0.5) is 5.69 Å². The van der Waals surface area contributed by atoms with Crippen LogP contribution >= 0.6 is 0 Å². The van der Waals surface area contributed by atoms with Gasteiger partial charge in [0.25, 0.3) is 0 Å². The van der Waals surface area contributed by atoms with Gasteiger partial charge in [-0.15, -0.1) is 0 Å². The van der Waals surface area contributed by atoms with Crippen LogP contribution in [0, 0.1) is 29.1 Å². The van der Waals surface area contributed by atoms with Crippen molar-refractivity contribution in [2.45, 2.75) is 12.8 Å². The van der Waals surface area contributed by atoms with E-state index in [2.05, 4.69) is 12.2 Å². The molecule has 1 heterocycles. The molecule has 2 amide bonds. The van der Waals surface area contributed by atoms with Crippen LogP contribution in [-0.2, 0) is 9.59 Å². The van der Waals surface area contributed by atoms with Gasteiger partial charge >= 0.3 is 0 Å². The fourth-order valence-corrected chi connectivity index (χ4v) is 5.06. The summed E-state index contributed by atoms with van der Waals surface area (Å²) in [5, 5.41) is 0. The van der Waals surface area contributed by atoms with Crippen LogP contribution in [0.1, 0.15) is 12.8 Å². The average Bonchev–Trinajstić information content (AvgIpc) is 3.13. The van der Waals surface area contributed by atoms with E-state index in [-0.39, 0.29) is 40.9 Å². The molecule has 4 heteroatoms. The Bertz CT molecular complexity index is 682. The lowest BCUT2D eigenvalue weighted by atomic mass is 9.85. The molecule has 2 bridgehead atoms. The van der Waals surface area contributed by atoms with E-state index in [0.717, 1.165) is 5.75 Å². The van der Waals surface area contributed by atoms with E-state index in [9.17, 15) is 9.59 Å². The van der Waals surface area contributed by atoms with Crippen molar-refractivity contribution in [2.75, 3.05) is 12.0 Å². The number of hydrogen-bond acceptors (Lipinski definition) is 3. The van der Waals surface area contributed by atoms with E-state index < -0.39 is 0 Å². The number of anilines is 1. The summed E-state index contributed by atoms with van der Waals surface area (Å²) in [6.07, 6.45) is 6.74. The first-order valence-corrected chi connectivity index (χ1v) is 7.87. The quantitative estimate of drug-likeness (QED) is 0.622. The number of benzene rings is 1. The summed E-state index contributed by atoms with van der Waals surface area (Å²) in [4.78, 5) is 27.2.